The largest absolute Gasteiger partial charge is 0.504 e. The number of guanidine groups is 1. The summed E-state index contributed by atoms with van der Waals surface area (Å²) in [7, 11) is 4.03. The first-order valence-electron chi connectivity index (χ1n) is 26.8. The Balaban J connectivity index is 0.960. The fraction of sp³-hybridized carbons (Fsp3) is 0.696. The Morgan fingerprint density at radius 1 is 0.926 bits per heavy atom. The summed E-state index contributed by atoms with van der Waals surface area (Å²) in [6, 6.07) is 12.9. The molecular formula is C56H76N4O6S2. The predicted molar refractivity (Wildman–Crippen MR) is 271 cm³/mol. The highest BCUT2D eigenvalue weighted by Gasteiger charge is 2.59. The molecule has 5 saturated carbocycles. The Labute approximate surface area is 412 Å². The lowest BCUT2D eigenvalue weighted by molar-refractivity contribution is -0.168. The Morgan fingerprint density at radius 2 is 1.76 bits per heavy atom. The molecule has 4 spiro atoms. The number of nitrogens with zero attached hydrogens (tertiary/aromatic N) is 2. The third-order valence-corrected chi connectivity index (χ3v) is 22.8. The van der Waals surface area contributed by atoms with Crippen LogP contribution >= 0.6 is 21.6 Å². The number of rotatable bonds is 2. The van der Waals surface area contributed by atoms with Gasteiger partial charge in [-0.05, 0) is 150 Å². The molecule has 2 aromatic rings. The number of fused-ring (bicyclic) bond motifs is 11. The lowest BCUT2D eigenvalue weighted by Gasteiger charge is -2.44. The topological polar surface area (TPSA) is 147 Å². The molecule has 5 aliphatic heterocycles. The quantitative estimate of drug-likeness (QED) is 0.130. The number of allylic oxidation sites excluding steroid dienone is 1. The fourth-order valence-electron chi connectivity index (χ4n) is 16.1. The Kier molecular flexibility index (Phi) is 12.9. The molecule has 5 heterocycles. The fourth-order valence-corrected chi connectivity index (χ4v) is 19.7. The van der Waals surface area contributed by atoms with E-state index in [2.05, 4.69) is 53.9 Å². The normalized spacial score (nSPS) is 38.1. The van der Waals surface area contributed by atoms with E-state index in [0.29, 0.717) is 62.0 Å². The van der Waals surface area contributed by atoms with Gasteiger partial charge in [0.1, 0.15) is 16.1 Å². The van der Waals surface area contributed by atoms with E-state index in [1.807, 2.05) is 26.5 Å². The molecule has 12 heteroatoms. The zero-order valence-electron chi connectivity index (χ0n) is 40.5. The van der Waals surface area contributed by atoms with Gasteiger partial charge in [-0.3, -0.25) is 14.6 Å². The molecule has 6 aliphatic carbocycles. The Hall–Kier alpha value is -3.35. The molecule has 13 rings (SSSR count). The summed E-state index contributed by atoms with van der Waals surface area (Å²) >= 11 is 0. The van der Waals surface area contributed by atoms with Crippen LogP contribution in [-0.2, 0) is 27.3 Å². The van der Waals surface area contributed by atoms with Crippen LogP contribution in [0.1, 0.15) is 182 Å². The van der Waals surface area contributed by atoms with Crippen LogP contribution in [0.4, 0.5) is 0 Å². The number of ether oxygens (including phenoxy) is 2. The van der Waals surface area contributed by atoms with Crippen LogP contribution < -0.4 is 15.8 Å². The number of phenols is 1. The number of aliphatic hydroxyl groups excluding tert-OH is 1. The van der Waals surface area contributed by atoms with Crippen LogP contribution in [0.5, 0.6) is 11.5 Å². The third-order valence-electron chi connectivity index (χ3n) is 19.5. The van der Waals surface area contributed by atoms with Crippen LogP contribution in [0, 0.1) is 28.6 Å². The number of benzene rings is 2. The number of hydrogen-bond donors (Lipinski definition) is 4. The molecule has 2 aromatic carbocycles. The van der Waals surface area contributed by atoms with E-state index in [1.54, 1.807) is 0 Å². The van der Waals surface area contributed by atoms with Gasteiger partial charge in [0.05, 0.1) is 6.10 Å². The number of nitrogens with one attached hydrogen (secondary N) is 1. The highest BCUT2D eigenvalue weighted by Crippen LogP contribution is 2.64. The van der Waals surface area contributed by atoms with Gasteiger partial charge in [-0.25, -0.2) is 0 Å². The van der Waals surface area contributed by atoms with Gasteiger partial charge in [-0.15, -0.1) is 0 Å². The van der Waals surface area contributed by atoms with E-state index in [1.165, 1.54) is 51.0 Å². The first kappa shape index (κ1) is 47.0. The van der Waals surface area contributed by atoms with Gasteiger partial charge in [0.15, 0.2) is 17.5 Å². The number of esters is 1. The van der Waals surface area contributed by atoms with Crippen molar-refractivity contribution < 1.29 is 29.3 Å². The zero-order chi connectivity index (χ0) is 46.7. The number of carbonyl (C=O) groups is 2. The highest BCUT2D eigenvalue weighted by atomic mass is 33.1. The number of aryl methyl sites for hydroxylation is 1. The molecule has 10 nitrogen and oxygen atoms in total. The summed E-state index contributed by atoms with van der Waals surface area (Å²) in [5.41, 5.74) is 9.82. The molecule has 6 fully saturated rings. The maximum absolute atomic E-state index is 14.8. The highest BCUT2D eigenvalue weighted by molar-refractivity contribution is 8.77. The SMILES string of the molecule is CC(=O)O[C@@]12CCc3cc(c(O)c4c3[C@H]3C=C[C@@]5(CCC[C@H]5C3)O4)CN3C[C@@]4(CC3=O)[C@@H](CC[C@H]4c3ccccc3)CN=C(N)N[C@]3(CCCC34CCCC4)SSCCCCC[C@H](CC1)[C@H](O)C2. The van der Waals surface area contributed by atoms with Crippen LogP contribution in [0.25, 0.3) is 0 Å². The monoisotopic (exact) mass is 965 g/mol. The molecular weight excluding hydrogens is 889 g/mol. The van der Waals surface area contributed by atoms with Crippen molar-refractivity contribution in [1.82, 2.24) is 10.2 Å². The smallest absolute Gasteiger partial charge is 0.303 e. The van der Waals surface area contributed by atoms with Crippen molar-refractivity contribution in [2.45, 2.75) is 195 Å². The van der Waals surface area contributed by atoms with E-state index < -0.39 is 17.3 Å². The molecule has 0 radical (unpaired) electrons. The molecule has 8 bridgehead atoms. The number of carbonyl (C=O) groups excluding carboxylic acids is 2. The third kappa shape index (κ3) is 8.37. The average molecular weight is 965 g/mol. The number of nitrogens with two attached hydrogens (primary N) is 1. The van der Waals surface area contributed by atoms with Gasteiger partial charge >= 0.3 is 5.97 Å². The number of phenolic OH excluding ortho intramolecular Hbond substituents is 1. The van der Waals surface area contributed by atoms with E-state index in [4.69, 9.17) is 20.2 Å². The number of aliphatic imine (C=N–C) groups is 1. The molecule has 11 aliphatic rings. The molecule has 1 saturated heterocycles. The summed E-state index contributed by atoms with van der Waals surface area (Å²) < 4.78 is 13.5. The minimum absolute atomic E-state index is 0.0966. The van der Waals surface area contributed by atoms with Gasteiger partial charge in [-0.1, -0.05) is 83.7 Å². The van der Waals surface area contributed by atoms with Gasteiger partial charge < -0.3 is 35.6 Å². The molecule has 1 amide bonds. The standard InChI is InChI=1S/C56H76N4O6S2/c1-37(61)65-53-26-18-39(46(62)32-53)14-6-3-9-29-67-68-56(25-11-23-52(56)21-7-8-22-52)59-51(57)58-34-44-16-17-45(38-12-4-2-5-13-38)54(44)33-47(63)60(36-54)35-42-30-40(19-27-53)48-41-20-28-55(66-50(48)49(42)64)24-10-15-43(55)31-41/h2,4-5,12-13,20,28,30,39,41,43-46,62,64H,3,6-11,14-19,21-27,29,31-36H2,1H3,(H3,57,58,59)/t39-,41+,43+,44+,45+,46-,53-,54+,55-,56-/m1/s1. The molecule has 368 valence electrons. The van der Waals surface area contributed by atoms with Crippen molar-refractivity contribution >= 4 is 39.4 Å². The van der Waals surface area contributed by atoms with E-state index in [-0.39, 0.29) is 63.5 Å². The second-order valence-electron chi connectivity index (χ2n) is 23.2. The van der Waals surface area contributed by atoms with Crippen LogP contribution in [0.15, 0.2) is 53.5 Å². The van der Waals surface area contributed by atoms with Crippen molar-refractivity contribution in [3.63, 3.8) is 0 Å². The maximum atomic E-state index is 14.8. The first-order chi connectivity index (χ1) is 32.9. The molecule has 0 aromatic heterocycles. The van der Waals surface area contributed by atoms with Crippen LogP contribution in [-0.4, -0.2) is 74.0 Å². The van der Waals surface area contributed by atoms with Crippen LogP contribution in [0.3, 0.4) is 0 Å². The molecule has 10 atom stereocenters. The van der Waals surface area contributed by atoms with Crippen molar-refractivity contribution in [3.8, 4) is 11.5 Å². The van der Waals surface area contributed by atoms with Crippen molar-refractivity contribution in [1.29, 1.82) is 0 Å². The minimum Gasteiger partial charge on any atom is -0.504 e. The van der Waals surface area contributed by atoms with Crippen LogP contribution in [0.2, 0.25) is 0 Å². The summed E-state index contributed by atoms with van der Waals surface area (Å²) in [6.45, 7) is 2.93. The summed E-state index contributed by atoms with van der Waals surface area (Å²) in [6.07, 6.45) is 26.5. The lowest BCUT2D eigenvalue weighted by Crippen LogP contribution is -2.55. The van der Waals surface area contributed by atoms with Gasteiger partial charge in [0.2, 0.25) is 5.91 Å². The number of aliphatic hydroxyl groups is 1. The Morgan fingerprint density at radius 3 is 2.59 bits per heavy atom. The second-order valence-corrected chi connectivity index (χ2v) is 25.9. The van der Waals surface area contributed by atoms with Crippen molar-refractivity contribution in [3.05, 3.63) is 70.8 Å². The summed E-state index contributed by atoms with van der Waals surface area (Å²) in [4.78, 5) is 34.8. The average Bonchev–Trinajstić information content (AvgIpc) is 4.14. The lowest BCUT2D eigenvalue weighted by atomic mass is 9.68. The number of hydrogen-bond acceptors (Lipinski definition) is 11. The number of aromatic hydroxyl groups is 1. The van der Waals surface area contributed by atoms with Gasteiger partial charge in [0, 0.05) is 78.9 Å². The molecule has 0 unspecified atom stereocenters. The zero-order valence-corrected chi connectivity index (χ0v) is 42.1. The summed E-state index contributed by atoms with van der Waals surface area (Å²) in [5, 5.41) is 28.3. The Bertz CT molecular complexity index is 2280. The van der Waals surface area contributed by atoms with Crippen molar-refractivity contribution in [2.75, 3.05) is 18.8 Å². The first-order valence-corrected chi connectivity index (χ1v) is 29.1. The van der Waals surface area contributed by atoms with E-state index in [9.17, 15) is 19.8 Å². The second kappa shape index (κ2) is 18.7. The minimum atomic E-state index is -0.783. The van der Waals surface area contributed by atoms with Crippen molar-refractivity contribution in [2.24, 2.45) is 39.3 Å². The predicted octanol–water partition coefficient (Wildman–Crippen LogP) is 11.0. The van der Waals surface area contributed by atoms with Gasteiger partial charge in [0.25, 0.3) is 0 Å². The number of amides is 1. The van der Waals surface area contributed by atoms with E-state index in [0.717, 1.165) is 100 Å². The van der Waals surface area contributed by atoms with Gasteiger partial charge in [-0.2, -0.15) is 0 Å². The summed E-state index contributed by atoms with van der Waals surface area (Å²) in [5.74, 6) is 3.15. The molecule has 68 heavy (non-hydrogen) atoms. The van der Waals surface area contributed by atoms with E-state index >= 15 is 0 Å². The maximum Gasteiger partial charge on any atom is 0.303 e. The molecule has 5 N–H and O–H groups in total.